The average Bonchev–Trinajstić information content (AvgIpc) is 3.60. The van der Waals surface area contributed by atoms with E-state index < -0.39 is 35.7 Å². The molecular formula is C42H32O9. The number of hydrogen-bond acceptors (Lipinski definition) is 9. The van der Waals surface area contributed by atoms with E-state index in [1.165, 1.54) is 12.1 Å². The Hall–Kier alpha value is -6.48. The highest BCUT2D eigenvalue weighted by molar-refractivity contribution is 5.72. The van der Waals surface area contributed by atoms with Crippen molar-refractivity contribution in [2.45, 2.75) is 35.7 Å². The molecule has 0 saturated heterocycles. The van der Waals surface area contributed by atoms with Gasteiger partial charge in [0.05, 0.1) is 5.92 Å². The summed E-state index contributed by atoms with van der Waals surface area (Å²) in [7, 11) is 0. The van der Waals surface area contributed by atoms with Crippen LogP contribution < -0.4 is 4.74 Å². The van der Waals surface area contributed by atoms with Crippen molar-refractivity contribution in [3.05, 3.63) is 159 Å². The Balaban J connectivity index is 1.44. The summed E-state index contributed by atoms with van der Waals surface area (Å²) in [4.78, 5) is 0. The number of hydrogen-bond donors (Lipinski definition) is 8. The summed E-state index contributed by atoms with van der Waals surface area (Å²) < 4.78 is 6.70. The maximum atomic E-state index is 12.1. The van der Waals surface area contributed by atoms with Crippen LogP contribution in [0.2, 0.25) is 0 Å². The Bertz CT molecular complexity index is 2330. The summed E-state index contributed by atoms with van der Waals surface area (Å²) in [5, 5.41) is 87.6. The number of rotatable bonds is 4. The highest BCUT2D eigenvalue weighted by Gasteiger charge is 2.56. The molecule has 6 atom stereocenters. The van der Waals surface area contributed by atoms with E-state index in [0.717, 1.165) is 27.8 Å². The first-order valence-corrected chi connectivity index (χ1v) is 16.6. The molecule has 0 aromatic heterocycles. The van der Waals surface area contributed by atoms with Crippen LogP contribution in [-0.2, 0) is 0 Å². The van der Waals surface area contributed by atoms with E-state index in [-0.39, 0.29) is 46.0 Å². The molecule has 6 aromatic rings. The fraction of sp³-hybridized carbons (Fsp3) is 0.143. The number of benzene rings is 6. The highest BCUT2D eigenvalue weighted by atomic mass is 16.5. The lowest BCUT2D eigenvalue weighted by Crippen LogP contribution is -2.20. The van der Waals surface area contributed by atoms with Crippen LogP contribution in [-0.4, -0.2) is 40.9 Å². The van der Waals surface area contributed by atoms with Gasteiger partial charge in [-0.2, -0.15) is 0 Å². The predicted octanol–water partition coefficient (Wildman–Crippen LogP) is 7.76. The maximum absolute atomic E-state index is 12.1. The van der Waals surface area contributed by atoms with Crippen LogP contribution in [0.5, 0.6) is 51.7 Å². The van der Waals surface area contributed by atoms with Gasteiger partial charge in [-0.15, -0.1) is 0 Å². The highest BCUT2D eigenvalue weighted by Crippen LogP contribution is 2.70. The van der Waals surface area contributed by atoms with Gasteiger partial charge in [0.2, 0.25) is 0 Å². The lowest BCUT2D eigenvalue weighted by atomic mass is 9.69. The van der Waals surface area contributed by atoms with Crippen molar-refractivity contribution in [2.75, 3.05) is 0 Å². The van der Waals surface area contributed by atoms with Gasteiger partial charge in [0.15, 0.2) is 0 Å². The summed E-state index contributed by atoms with van der Waals surface area (Å²) in [6, 6.07) is 29.0. The predicted molar refractivity (Wildman–Crippen MR) is 186 cm³/mol. The minimum atomic E-state index is -0.693. The van der Waals surface area contributed by atoms with Gasteiger partial charge in [0.1, 0.15) is 57.8 Å². The number of phenols is 8. The zero-order chi connectivity index (χ0) is 35.3. The Labute approximate surface area is 291 Å². The molecule has 0 saturated carbocycles. The Morgan fingerprint density at radius 2 is 0.843 bits per heavy atom. The Morgan fingerprint density at radius 3 is 1.41 bits per heavy atom. The molecule has 8 N–H and O–H groups in total. The lowest BCUT2D eigenvalue weighted by molar-refractivity contribution is 0.221. The van der Waals surface area contributed by atoms with Gasteiger partial charge in [-0.3, -0.25) is 0 Å². The second-order valence-electron chi connectivity index (χ2n) is 13.7. The van der Waals surface area contributed by atoms with Gasteiger partial charge >= 0.3 is 0 Å². The molecule has 9 nitrogen and oxygen atoms in total. The third kappa shape index (κ3) is 4.61. The van der Waals surface area contributed by atoms with Crippen molar-refractivity contribution in [2.24, 2.45) is 0 Å². The maximum Gasteiger partial charge on any atom is 0.135 e. The van der Waals surface area contributed by atoms with E-state index in [4.69, 9.17) is 4.74 Å². The molecule has 51 heavy (non-hydrogen) atoms. The van der Waals surface area contributed by atoms with E-state index in [1.807, 2.05) is 0 Å². The molecule has 1 aliphatic heterocycles. The molecule has 0 spiro atoms. The quantitative estimate of drug-likeness (QED) is 0.0927. The number of fused-ring (bicyclic) bond motifs is 2. The lowest BCUT2D eigenvalue weighted by Gasteiger charge is -2.34. The molecule has 0 amide bonds. The van der Waals surface area contributed by atoms with Crippen LogP contribution in [0.25, 0.3) is 0 Å². The standard InChI is InChI=1S/C42H32O9/c43-23-7-1-19(2-8-23)33-35(22-13-26(46)15-27(47)14-22)40-34(20-3-9-24(44)10-4-20)36-29(16-28(48)17-30(36)49)37-39-32(18-31(50)38(33)41(39)40)51-42(37)21-5-11-25(45)12-6-21/h1-18,33-35,37,40,42-50H/t33-,34+,35-,37+,40+,42-/m0/s1. The summed E-state index contributed by atoms with van der Waals surface area (Å²) in [5.41, 5.74) is 5.99. The van der Waals surface area contributed by atoms with Crippen molar-refractivity contribution in [3.63, 3.8) is 0 Å². The summed E-state index contributed by atoms with van der Waals surface area (Å²) in [6.07, 6.45) is -0.693. The fourth-order valence-electron chi connectivity index (χ4n) is 9.08. The molecule has 0 fully saturated rings. The van der Waals surface area contributed by atoms with E-state index in [1.54, 1.807) is 97.1 Å². The third-order valence-electron chi connectivity index (χ3n) is 10.9. The van der Waals surface area contributed by atoms with Gasteiger partial charge in [0.25, 0.3) is 0 Å². The summed E-state index contributed by atoms with van der Waals surface area (Å²) in [6.45, 7) is 0. The van der Waals surface area contributed by atoms with Crippen LogP contribution in [0.1, 0.15) is 85.8 Å². The minimum Gasteiger partial charge on any atom is -0.508 e. The van der Waals surface area contributed by atoms with Crippen molar-refractivity contribution >= 4 is 0 Å². The second-order valence-corrected chi connectivity index (χ2v) is 13.7. The Morgan fingerprint density at radius 1 is 0.353 bits per heavy atom. The van der Waals surface area contributed by atoms with Crippen molar-refractivity contribution in [1.82, 2.24) is 0 Å². The van der Waals surface area contributed by atoms with Crippen molar-refractivity contribution < 1.29 is 45.6 Å². The molecule has 9 heteroatoms. The molecule has 2 aliphatic carbocycles. The largest absolute Gasteiger partial charge is 0.508 e. The molecular weight excluding hydrogens is 648 g/mol. The number of phenolic OH excluding ortho intramolecular Hbond substituents is 8. The number of aromatic hydroxyl groups is 8. The van der Waals surface area contributed by atoms with Crippen LogP contribution in [0.15, 0.2) is 109 Å². The van der Waals surface area contributed by atoms with Crippen molar-refractivity contribution in [3.8, 4) is 51.7 Å². The molecule has 0 radical (unpaired) electrons. The van der Waals surface area contributed by atoms with E-state index >= 15 is 0 Å². The van der Waals surface area contributed by atoms with Crippen LogP contribution in [0, 0.1) is 0 Å². The van der Waals surface area contributed by atoms with Gasteiger partial charge in [-0.25, -0.2) is 0 Å². The van der Waals surface area contributed by atoms with E-state index in [2.05, 4.69) is 0 Å². The summed E-state index contributed by atoms with van der Waals surface area (Å²) in [5.74, 6) is -3.08. The van der Waals surface area contributed by atoms with E-state index in [9.17, 15) is 40.9 Å². The van der Waals surface area contributed by atoms with Gasteiger partial charge in [-0.1, -0.05) is 36.4 Å². The smallest absolute Gasteiger partial charge is 0.135 e. The first kappa shape index (κ1) is 30.6. The fourth-order valence-corrected chi connectivity index (χ4v) is 9.08. The monoisotopic (exact) mass is 680 g/mol. The number of ether oxygens (including phenoxy) is 1. The normalized spacial score (nSPS) is 22.5. The molecule has 6 aromatic carbocycles. The van der Waals surface area contributed by atoms with Gasteiger partial charge in [-0.05, 0) is 88.0 Å². The molecule has 3 aliphatic rings. The average molecular weight is 681 g/mol. The molecule has 1 heterocycles. The van der Waals surface area contributed by atoms with Crippen LogP contribution >= 0.6 is 0 Å². The molecule has 0 bridgehead atoms. The Kier molecular flexibility index (Phi) is 6.60. The van der Waals surface area contributed by atoms with E-state index in [0.29, 0.717) is 28.0 Å². The van der Waals surface area contributed by atoms with Crippen molar-refractivity contribution in [1.29, 1.82) is 0 Å². The molecule has 9 rings (SSSR count). The van der Waals surface area contributed by atoms with Gasteiger partial charge < -0.3 is 45.6 Å². The molecule has 0 unspecified atom stereocenters. The van der Waals surface area contributed by atoms with Gasteiger partial charge in [0, 0.05) is 58.6 Å². The zero-order valence-electron chi connectivity index (χ0n) is 26.8. The third-order valence-corrected chi connectivity index (χ3v) is 10.9. The SMILES string of the molecule is Oc1ccc([C@@H]2c3c(O)cc(O)cc3[C@@H]3c4c(cc(O)c5c4[C@H]2[C@@H](c2cc(O)cc(O)c2)[C@@H]5c2ccc(O)cc2)O[C@H]3c2ccc(O)cc2)cc1. The second kappa shape index (κ2) is 11.0. The zero-order valence-corrected chi connectivity index (χ0v) is 26.8. The van der Waals surface area contributed by atoms with Crippen LogP contribution in [0.3, 0.4) is 0 Å². The first-order valence-electron chi connectivity index (χ1n) is 16.6. The molecule has 254 valence electrons. The van der Waals surface area contributed by atoms with Crippen LogP contribution in [0.4, 0.5) is 0 Å². The first-order chi connectivity index (χ1) is 24.6. The summed E-state index contributed by atoms with van der Waals surface area (Å²) >= 11 is 0. The minimum absolute atomic E-state index is 0.0358. The topological polar surface area (TPSA) is 171 Å².